The number of halogens is 1. The Balaban J connectivity index is 0.810. The predicted octanol–water partition coefficient (Wildman–Crippen LogP) is -0.268. The highest BCUT2D eigenvalue weighted by molar-refractivity contribution is 9.10. The van der Waals surface area contributed by atoms with Crippen LogP contribution in [0.1, 0.15) is 96.5 Å². The highest BCUT2D eigenvalue weighted by Gasteiger charge is 2.48. The van der Waals surface area contributed by atoms with E-state index in [0.29, 0.717) is 6.42 Å². The van der Waals surface area contributed by atoms with Crippen LogP contribution in [0, 0.1) is 24.7 Å². The molecule has 5 aliphatic heterocycles. The lowest BCUT2D eigenvalue weighted by Crippen LogP contribution is -2.34. The van der Waals surface area contributed by atoms with Gasteiger partial charge in [0.2, 0.25) is 11.9 Å². The second kappa shape index (κ2) is 38.1. The van der Waals surface area contributed by atoms with Gasteiger partial charge in [0.05, 0.1) is 107 Å². The van der Waals surface area contributed by atoms with E-state index in [1.54, 1.807) is 13.8 Å². The Morgan fingerprint density at radius 1 is 0.619 bits per heavy atom. The minimum Gasteiger partial charge on any atom is -0.780 e. The van der Waals surface area contributed by atoms with E-state index in [1.165, 1.54) is 53.1 Å². The van der Waals surface area contributed by atoms with E-state index in [-0.39, 0.29) is 134 Å². The fourth-order valence-electron chi connectivity index (χ4n) is 12.7. The number of H-pyrrole nitrogens is 3. The van der Waals surface area contributed by atoms with Crippen LogP contribution in [-0.2, 0) is 131 Å². The number of rotatable bonds is 38. The van der Waals surface area contributed by atoms with Crippen LogP contribution in [0.2, 0.25) is 0 Å². The molecular formula is C60H82BrN16O28P4S4-3. The number of nitrogens with zero attached hydrogens (tertiary/aromatic N) is 9. The Kier molecular flexibility index (Phi) is 29.8. The smallest absolute Gasteiger partial charge is 0.351 e. The fourth-order valence-corrected chi connectivity index (χ4v) is 19.5. The molecule has 6 aromatic heterocycles. The highest BCUT2D eigenvalue weighted by atomic mass is 79.9. The number of aryl methyl sites for hydroxylation is 1. The molecule has 6 aromatic rings. The van der Waals surface area contributed by atoms with Crippen LogP contribution in [-0.4, -0.2) is 196 Å². The summed E-state index contributed by atoms with van der Waals surface area (Å²) in [5.41, 5.74) is 12.0. The molecule has 1 amide bonds. The Bertz CT molecular complexity index is 5040. The summed E-state index contributed by atoms with van der Waals surface area (Å²) in [7, 11) is 0. The number of nitrogens with one attached hydrogen (secondary N) is 4. The number of aliphatic hydroxyl groups excluding tert-OH is 1. The first-order valence-corrected chi connectivity index (χ1v) is 46.0. The number of amides is 1. The zero-order valence-electron chi connectivity index (χ0n) is 60.7. The van der Waals surface area contributed by atoms with Crippen molar-refractivity contribution in [2.45, 2.75) is 153 Å². The van der Waals surface area contributed by atoms with Crippen LogP contribution in [0.4, 0.5) is 17.6 Å². The molecule has 0 aliphatic carbocycles. The number of hydrogen-bond donors (Lipinski definition) is 8. The molecule has 5 aliphatic rings. The molecule has 9 unspecified atom stereocenters. The molecule has 0 spiro atoms. The second-order valence-electron chi connectivity index (χ2n) is 26.9. The molecule has 44 nitrogen and oxygen atoms in total. The first kappa shape index (κ1) is 88.4. The van der Waals surface area contributed by atoms with Gasteiger partial charge in [0.1, 0.15) is 80.6 Å². The number of aliphatic hydroxyl groups is 1. The minimum absolute atomic E-state index is 0.0120. The number of anilines is 3. The van der Waals surface area contributed by atoms with Gasteiger partial charge in [0.25, 0.3) is 16.7 Å². The van der Waals surface area contributed by atoms with Gasteiger partial charge >= 0.3 is 29.5 Å². The van der Waals surface area contributed by atoms with Crippen LogP contribution < -0.4 is 71.7 Å². The molecule has 5 saturated heterocycles. The summed E-state index contributed by atoms with van der Waals surface area (Å²) in [6.07, 6.45) is -12.0. The molecule has 19 atom stereocenters. The lowest BCUT2D eigenvalue weighted by Gasteiger charge is -2.35. The third-order valence-electron chi connectivity index (χ3n) is 18.4. The Morgan fingerprint density at radius 3 is 1.66 bits per heavy atom. The quantitative estimate of drug-likeness (QED) is 0.0140. The molecule has 11 rings (SSSR count). The third kappa shape index (κ3) is 22.9. The van der Waals surface area contributed by atoms with Crippen LogP contribution in [0.3, 0.4) is 0 Å². The van der Waals surface area contributed by atoms with Crippen molar-refractivity contribution in [3.8, 4) is 0 Å². The summed E-state index contributed by atoms with van der Waals surface area (Å²) in [6, 6.07) is 2.74. The van der Waals surface area contributed by atoms with Gasteiger partial charge in [-0.1, -0.05) is 51.3 Å². The second-order valence-corrected chi connectivity index (χ2v) is 38.9. The van der Waals surface area contributed by atoms with E-state index in [4.69, 9.17) is 139 Å². The highest BCUT2D eigenvalue weighted by Crippen LogP contribution is 2.57. The van der Waals surface area contributed by atoms with Gasteiger partial charge in [-0.3, -0.25) is 61.5 Å². The van der Waals surface area contributed by atoms with Gasteiger partial charge in [0, 0.05) is 68.5 Å². The molecular weight excluding hydrogens is 1720 g/mol. The van der Waals surface area contributed by atoms with Crippen LogP contribution in [0.15, 0.2) is 81.3 Å². The lowest BCUT2D eigenvalue weighted by molar-refractivity contribution is -0.216. The van der Waals surface area contributed by atoms with Crippen molar-refractivity contribution < 1.29 is 98.1 Å². The van der Waals surface area contributed by atoms with Crippen LogP contribution >= 0.6 is 42.9 Å². The number of carbonyl (C=O) groups is 1. The number of carbonyl (C=O) groups excluding carboxylic acids is 1. The Morgan fingerprint density at radius 2 is 1.10 bits per heavy atom. The molecule has 624 valence electrons. The van der Waals surface area contributed by atoms with Gasteiger partial charge in [0.15, 0.2) is 18.0 Å². The molecule has 0 aromatic carbocycles. The molecule has 0 bridgehead atoms. The zero-order valence-corrected chi connectivity index (χ0v) is 69.1. The van der Waals surface area contributed by atoms with Crippen molar-refractivity contribution >= 4 is 125 Å². The van der Waals surface area contributed by atoms with E-state index in [2.05, 4.69) is 56.1 Å². The molecule has 113 heavy (non-hydrogen) atoms. The summed E-state index contributed by atoms with van der Waals surface area (Å²) >= 11 is 25.6. The van der Waals surface area contributed by atoms with Gasteiger partial charge < -0.3 is 124 Å². The van der Waals surface area contributed by atoms with Crippen molar-refractivity contribution in [3.63, 3.8) is 0 Å². The fraction of sp³-hybridized carbons (Fsp3) is 0.633. The van der Waals surface area contributed by atoms with Gasteiger partial charge in [-0.05, 0) is 65.0 Å². The molecule has 0 saturated carbocycles. The molecule has 5 fully saturated rings. The maximum absolute atomic E-state index is 14.9. The van der Waals surface area contributed by atoms with E-state index in [1.807, 2.05) is 13.8 Å². The summed E-state index contributed by atoms with van der Waals surface area (Å²) in [6.45, 7) is -12.5. The van der Waals surface area contributed by atoms with E-state index in [9.17, 15) is 57.8 Å². The van der Waals surface area contributed by atoms with E-state index < -0.39 is 179 Å². The Labute approximate surface area is 669 Å². The largest absolute Gasteiger partial charge is 0.780 e. The number of imidazole rings is 1. The first-order valence-electron chi connectivity index (χ1n) is 35.0. The number of nitrogen functional groups attached to an aromatic ring is 3. The minimum atomic E-state index is -4.90. The first-order chi connectivity index (χ1) is 53.4. The zero-order chi connectivity index (χ0) is 81.6. The van der Waals surface area contributed by atoms with E-state index >= 15 is 0 Å². The number of hydrogen-bond acceptors (Lipinski definition) is 39. The normalized spacial score (nSPS) is 27.5. The van der Waals surface area contributed by atoms with Crippen LogP contribution in [0.25, 0.3) is 11.2 Å². The predicted molar refractivity (Wildman–Crippen MR) is 408 cm³/mol. The number of ether oxygens (including phenoxy) is 7. The maximum Gasteiger partial charge on any atom is 0.351 e. The monoisotopic (exact) mass is 1810 g/mol. The summed E-state index contributed by atoms with van der Waals surface area (Å²) in [5, 5.41) is 13.0. The lowest BCUT2D eigenvalue weighted by atomic mass is 9.89. The Hall–Kier alpha value is -5.41. The molecule has 11 heterocycles. The van der Waals surface area contributed by atoms with Crippen molar-refractivity contribution in [1.29, 1.82) is 0 Å². The molecule has 53 heteroatoms. The average molecular weight is 1810 g/mol. The van der Waals surface area contributed by atoms with Gasteiger partial charge in [-0.2, -0.15) is 15.0 Å². The van der Waals surface area contributed by atoms with Crippen molar-refractivity contribution in [1.82, 2.24) is 63.0 Å². The summed E-state index contributed by atoms with van der Waals surface area (Å²) < 4.78 is 118. The SMILES string of the molecule is Cc1cn([C@H]2CC(OP(=S)(OCCOCCOCCNC(=O)C(C)C)OC[C@H]3O[C@@H](n4ccc(N)nc4=O)CC3C(C)C)[C@@H](COP([O-])(=S)OC3C[C@H](n4cnc5c(=O)[nH]c(N)nc54)O[C@@H]3COP(=O)([S-])OC3C[C@H](n4ccc(N)nc4=O)O[C@@H]3COP([O-])(=S)OC3C[C@H](n4cc(Br)c(=O)[nH]c4=O)O[C@@H]3CO)O2)c(=O)[nH]c1=O. The van der Waals surface area contributed by atoms with Crippen molar-refractivity contribution in [3.05, 3.63) is 126 Å². The topological polar surface area (TPSA) is 581 Å². The number of fused-ring (bicyclic) bond motifs is 1. The van der Waals surface area contributed by atoms with E-state index in [0.717, 1.165) is 19.9 Å². The van der Waals surface area contributed by atoms with Gasteiger partial charge in [-0.25, -0.2) is 24.2 Å². The number of aromatic amines is 3. The summed E-state index contributed by atoms with van der Waals surface area (Å²) in [4.78, 5) is 154. The molecule has 0 radical (unpaired) electrons. The van der Waals surface area contributed by atoms with Crippen molar-refractivity contribution in [2.24, 2.45) is 17.8 Å². The number of aromatic nitrogens is 12. The standard InChI is InChI=1S/C60H85BrN16O28P4S4/c1-29(2)32-16-45(73-9-6-43(62)67-57(73)83)98-39(32)24-96-109(113,92-15-14-91-13-12-90-11-8-65-52(79)30(3)4)105-37-20-47(75-21-31(5)53(80)71-59(75)85)100-42(37)27-95-108(89,112)104-36-19-49(77-28-66-50-51(77)69-56(64)70-55(50)82)101-41(36)26-94-107(88,111)103-35-18-46(74-10-7-44(63)68-58(74)84)99-40(35)25-93-106(87,110)102-34-17-48(97-38(34)23-78)76-22-33(61)54(81)72-60(76)86/h6-7,9-10,21-22,28-30,32,34-42,45-49,78H,8,11-20,23-27H2,1-5H3,(H,65,79)(H,87,110)(H,88,111)(H,89,112)(H2,62,67,83)(H2,63,68,84)(H,71,80,85)(H,72,81,86)(H3,64,69,70,82)/p-3/t32?,34?,35?,36?,37?,38-,39-,40-,41-,42-,45-,46-,47-,48-,49-,106?,107?,108?,109?/m1/s1. The average Bonchev–Trinajstić information content (AvgIpc) is 1.63. The molecule has 11 N–H and O–H groups in total. The summed E-state index contributed by atoms with van der Waals surface area (Å²) in [5.74, 6) is -1.05. The van der Waals surface area contributed by atoms with Crippen LogP contribution in [0.5, 0.6) is 0 Å². The maximum atomic E-state index is 14.9. The van der Waals surface area contributed by atoms with Gasteiger partial charge in [-0.15, -0.1) is 0 Å². The number of nitrogens with two attached hydrogens (primary N) is 3. The van der Waals surface area contributed by atoms with Crippen molar-refractivity contribution in [2.75, 3.05) is 89.8 Å². The third-order valence-corrected chi connectivity index (χ3v) is 26.0.